The average molecular weight is 677 g/mol. The minimum Gasteiger partial charge on any atom is -0.455 e. The molecule has 3 aliphatic carbocycles. The van der Waals surface area contributed by atoms with Gasteiger partial charge in [-0.3, -0.25) is 14.4 Å². The summed E-state index contributed by atoms with van der Waals surface area (Å²) in [6.07, 6.45) is -5.65. The first-order chi connectivity index (χ1) is 21.8. The van der Waals surface area contributed by atoms with Gasteiger partial charge in [0.05, 0.1) is 29.6 Å². The van der Waals surface area contributed by atoms with Crippen LogP contribution >= 0.6 is 0 Å². The lowest BCUT2D eigenvalue weighted by Gasteiger charge is -2.67. The second-order valence-corrected chi connectivity index (χ2v) is 19.2. The Kier molecular flexibility index (Phi) is 8.81. The van der Waals surface area contributed by atoms with E-state index in [1.165, 1.54) is 32.9 Å². The molecule has 2 bridgehead atoms. The van der Waals surface area contributed by atoms with E-state index in [1.54, 1.807) is 25.1 Å². The van der Waals surface area contributed by atoms with Crippen molar-refractivity contribution in [1.82, 2.24) is 0 Å². The molecular weight excluding hydrogens is 630 g/mol. The van der Waals surface area contributed by atoms with Gasteiger partial charge in [0, 0.05) is 18.8 Å². The summed E-state index contributed by atoms with van der Waals surface area (Å²) in [5.74, 6) is -5.48. The van der Waals surface area contributed by atoms with Gasteiger partial charge in [-0.25, -0.2) is 13.6 Å². The number of halogens is 2. The van der Waals surface area contributed by atoms with E-state index in [0.29, 0.717) is 18.1 Å². The van der Waals surface area contributed by atoms with Crippen LogP contribution in [0, 0.1) is 16.7 Å². The quantitative estimate of drug-likeness (QED) is 0.291. The fourth-order valence-electron chi connectivity index (χ4n) is 8.81. The number of alkyl halides is 2. The number of ether oxygens (including phenoxy) is 3. The minimum absolute atomic E-state index is 0.0496. The fraction of sp³-hybridized carbons (Fsp3) is 0.657. The predicted molar refractivity (Wildman–Crippen MR) is 169 cm³/mol. The highest BCUT2D eigenvalue weighted by molar-refractivity contribution is 6.73. The number of Topliss-reactive ketones (excluding diaryl/α,β-unsaturated/α-hetero) is 1. The van der Waals surface area contributed by atoms with E-state index in [-0.39, 0.29) is 18.6 Å². The Labute approximate surface area is 275 Å². The molecule has 0 amide bonds. The van der Waals surface area contributed by atoms with E-state index in [2.05, 4.69) is 0 Å². The Morgan fingerprint density at radius 1 is 1.04 bits per heavy atom. The van der Waals surface area contributed by atoms with Crippen molar-refractivity contribution >= 4 is 31.8 Å². The maximum absolute atomic E-state index is 16.9. The van der Waals surface area contributed by atoms with Crippen molar-refractivity contribution in [2.45, 2.75) is 121 Å². The van der Waals surface area contributed by atoms with Crippen molar-refractivity contribution in [3.8, 4) is 0 Å². The number of hydrogen-bond acceptors (Lipinski definition) is 9. The fourth-order valence-corrected chi connectivity index (χ4v) is 11.8. The second-order valence-electron chi connectivity index (χ2n) is 14.5. The molecule has 1 aliphatic heterocycles. The molecule has 9 atom stereocenters. The number of ketones is 2. The number of allylic oxidation sites excluding steroid dienone is 1. The highest BCUT2D eigenvalue weighted by Crippen LogP contribution is 2.65. The SMILES string of the molecule is CC[Si](CC)(CC)O[C@H]1C[C@H]2OC[C@@]2(OC(C)=O)[C@H]2[C@H](OC(=O)c3ccccc3)[C@]3(O)[C@@H](F)C(=O)[C@@](C)(F)/C(=C/C(=O)[C@]12C)C3(C)C. The molecule has 5 rings (SSSR count). The Morgan fingerprint density at radius 3 is 2.15 bits per heavy atom. The summed E-state index contributed by atoms with van der Waals surface area (Å²) in [4.78, 5) is 55.2. The van der Waals surface area contributed by atoms with Crippen molar-refractivity contribution in [2.75, 3.05) is 6.61 Å². The third-order valence-electron chi connectivity index (χ3n) is 12.0. The van der Waals surface area contributed by atoms with Gasteiger partial charge in [-0.2, -0.15) is 0 Å². The highest BCUT2D eigenvalue weighted by Gasteiger charge is 2.80. The van der Waals surface area contributed by atoms with Gasteiger partial charge in [-0.1, -0.05) is 52.8 Å². The molecule has 258 valence electrons. The third-order valence-corrected chi connectivity index (χ3v) is 16.7. The average Bonchev–Trinajstić information content (AvgIpc) is 3.03. The van der Waals surface area contributed by atoms with Crippen LogP contribution in [0.3, 0.4) is 0 Å². The monoisotopic (exact) mass is 676 g/mol. The smallest absolute Gasteiger partial charge is 0.338 e. The van der Waals surface area contributed by atoms with Crippen LogP contribution < -0.4 is 0 Å². The summed E-state index contributed by atoms with van der Waals surface area (Å²) < 4.78 is 58.6. The van der Waals surface area contributed by atoms with Crippen LogP contribution in [0.5, 0.6) is 0 Å². The molecule has 47 heavy (non-hydrogen) atoms. The van der Waals surface area contributed by atoms with Crippen molar-refractivity contribution in [2.24, 2.45) is 16.7 Å². The molecule has 4 aliphatic rings. The topological polar surface area (TPSA) is 125 Å². The van der Waals surface area contributed by atoms with E-state index < -0.39 is 95.5 Å². The zero-order chi connectivity index (χ0) is 35.0. The lowest BCUT2D eigenvalue weighted by atomic mass is 9.44. The Balaban J connectivity index is 1.87. The van der Waals surface area contributed by atoms with Crippen molar-refractivity contribution < 1.29 is 51.7 Å². The molecule has 1 aromatic carbocycles. The first-order valence-corrected chi connectivity index (χ1v) is 19.0. The number of aliphatic hydroxyl groups is 1. The molecular formula is C35H46F2O9Si. The zero-order valence-electron chi connectivity index (χ0n) is 28.4. The zero-order valence-corrected chi connectivity index (χ0v) is 29.4. The Morgan fingerprint density at radius 2 is 1.64 bits per heavy atom. The Bertz CT molecular complexity index is 1480. The molecule has 12 heteroatoms. The number of hydrogen-bond donors (Lipinski definition) is 1. The number of benzene rings is 1. The van der Waals surface area contributed by atoms with Gasteiger partial charge in [0.2, 0.25) is 5.78 Å². The second kappa shape index (κ2) is 11.7. The van der Waals surface area contributed by atoms with Gasteiger partial charge in [-0.05, 0) is 55.8 Å². The normalized spacial score (nSPS) is 40.4. The van der Waals surface area contributed by atoms with Crippen molar-refractivity contribution in [3.63, 3.8) is 0 Å². The third kappa shape index (κ3) is 4.83. The standard InChI is InChI=1S/C35H46F2O9Si/c1-9-47(10-2,11-3)46-24-18-25-34(19-43-25,45-20(4)38)26-29(44-30(41)21-15-13-12-14-16-21)35(42)27(36)28(40)33(8,37)22(31(35,5)6)17-23(39)32(24,26)7/h12-17,24-27,29,42H,9-11,18-19H2,1-8H3/b22-17+/t24-,25+,26-,27-,29-,32+,33-,34-,35+/m0/s1. The van der Waals surface area contributed by atoms with Gasteiger partial charge in [-0.15, -0.1) is 0 Å². The minimum atomic E-state index is -2.97. The van der Waals surface area contributed by atoms with Crippen LogP contribution in [0.15, 0.2) is 42.0 Å². The Hall–Kier alpha value is -2.80. The number of esters is 2. The lowest BCUT2D eigenvalue weighted by molar-refractivity contribution is -0.344. The summed E-state index contributed by atoms with van der Waals surface area (Å²) in [7, 11) is -2.51. The number of rotatable bonds is 8. The first kappa shape index (κ1) is 35.5. The summed E-state index contributed by atoms with van der Waals surface area (Å²) in [6.45, 7) is 12.0. The first-order valence-electron chi connectivity index (χ1n) is 16.5. The van der Waals surface area contributed by atoms with E-state index in [1.807, 2.05) is 20.8 Å². The molecule has 9 nitrogen and oxygen atoms in total. The van der Waals surface area contributed by atoms with Crippen molar-refractivity contribution in [1.29, 1.82) is 0 Å². The van der Waals surface area contributed by atoms with E-state index >= 15 is 8.78 Å². The van der Waals surface area contributed by atoms with Crippen molar-refractivity contribution in [3.05, 3.63) is 47.5 Å². The molecule has 0 spiro atoms. The summed E-state index contributed by atoms with van der Waals surface area (Å²) in [5.41, 5.74) is -11.7. The maximum Gasteiger partial charge on any atom is 0.338 e. The molecule has 0 radical (unpaired) electrons. The molecule has 1 aromatic rings. The molecule has 1 saturated heterocycles. The van der Waals surface area contributed by atoms with Crippen LogP contribution in [-0.2, 0) is 33.0 Å². The summed E-state index contributed by atoms with van der Waals surface area (Å²) in [5, 5.41) is 12.8. The van der Waals surface area contributed by atoms with Gasteiger partial charge in [0.15, 0.2) is 31.5 Å². The maximum atomic E-state index is 16.9. The van der Waals surface area contributed by atoms with Gasteiger partial charge < -0.3 is 23.7 Å². The predicted octanol–water partition coefficient (Wildman–Crippen LogP) is 5.24. The largest absolute Gasteiger partial charge is 0.455 e. The number of carbonyl (C=O) groups is 4. The van der Waals surface area contributed by atoms with Gasteiger partial charge in [0.25, 0.3) is 0 Å². The molecule has 0 unspecified atom stereocenters. The number of carbonyl (C=O) groups excluding carboxylic acids is 4. The van der Waals surface area contributed by atoms with Crippen LogP contribution in [0.1, 0.15) is 72.2 Å². The van der Waals surface area contributed by atoms with Crippen LogP contribution in [0.4, 0.5) is 8.78 Å². The molecule has 3 fully saturated rings. The molecule has 0 aromatic heterocycles. The van der Waals surface area contributed by atoms with Gasteiger partial charge in [0.1, 0.15) is 17.8 Å². The van der Waals surface area contributed by atoms with Gasteiger partial charge >= 0.3 is 11.9 Å². The molecule has 2 saturated carbocycles. The van der Waals surface area contributed by atoms with Crippen LogP contribution in [0.25, 0.3) is 0 Å². The highest BCUT2D eigenvalue weighted by atomic mass is 28.4. The summed E-state index contributed by atoms with van der Waals surface area (Å²) >= 11 is 0. The molecule has 1 heterocycles. The molecule has 1 N–H and O–H groups in total. The van der Waals surface area contributed by atoms with E-state index in [4.69, 9.17) is 18.6 Å². The van der Waals surface area contributed by atoms with E-state index in [9.17, 15) is 24.3 Å². The van der Waals surface area contributed by atoms with Crippen LogP contribution in [0.2, 0.25) is 18.1 Å². The lowest BCUT2D eigenvalue weighted by Crippen LogP contribution is -2.83. The summed E-state index contributed by atoms with van der Waals surface area (Å²) in [6, 6.07) is 9.89. The van der Waals surface area contributed by atoms with E-state index in [0.717, 1.165) is 13.0 Å². The number of fused-ring (bicyclic) bond motifs is 5. The van der Waals surface area contributed by atoms with Crippen LogP contribution in [-0.4, -0.2) is 84.9 Å².